The Bertz CT molecular complexity index is 645. The van der Waals surface area contributed by atoms with Gasteiger partial charge in [-0.05, 0) is 44.4 Å². The summed E-state index contributed by atoms with van der Waals surface area (Å²) in [6.07, 6.45) is 7.06. The molecule has 1 atom stereocenters. The number of anilines is 1. The van der Waals surface area contributed by atoms with Crippen LogP contribution in [0.4, 0.5) is 5.69 Å². The molecule has 0 spiro atoms. The van der Waals surface area contributed by atoms with Crippen LogP contribution in [0.5, 0.6) is 0 Å². The Kier molecular flexibility index (Phi) is 3.34. The van der Waals surface area contributed by atoms with Gasteiger partial charge in [-0.3, -0.25) is 4.79 Å². The van der Waals surface area contributed by atoms with E-state index in [1.54, 1.807) is 11.3 Å². The van der Waals surface area contributed by atoms with Gasteiger partial charge in [0, 0.05) is 11.6 Å². The maximum atomic E-state index is 12.2. The second kappa shape index (κ2) is 5.13. The minimum atomic E-state index is 0.115. The number of hydrogen-bond acceptors (Lipinski definition) is 3. The van der Waals surface area contributed by atoms with E-state index in [2.05, 4.69) is 22.5 Å². The molecule has 0 saturated heterocycles. The van der Waals surface area contributed by atoms with Crippen LogP contribution in [-0.2, 0) is 4.79 Å². The van der Waals surface area contributed by atoms with Crippen LogP contribution in [0, 0.1) is 12.8 Å². The first-order chi connectivity index (χ1) is 9.22. The largest absolute Gasteiger partial charge is 0.326 e. The Balaban J connectivity index is 1.76. The smallest absolute Gasteiger partial charge is 0.227 e. The molecule has 2 aromatic rings. The van der Waals surface area contributed by atoms with Crippen molar-refractivity contribution in [2.75, 3.05) is 5.32 Å². The van der Waals surface area contributed by atoms with Crippen LogP contribution in [0.3, 0.4) is 0 Å². The molecule has 1 aromatic heterocycles. The van der Waals surface area contributed by atoms with Crippen molar-refractivity contribution in [1.29, 1.82) is 0 Å². The fraction of sp³-hybridized carbons (Fsp3) is 0.333. The van der Waals surface area contributed by atoms with Gasteiger partial charge in [-0.15, -0.1) is 11.3 Å². The fourth-order valence-electron chi connectivity index (χ4n) is 2.39. The highest BCUT2D eigenvalue weighted by Gasteiger charge is 2.18. The minimum absolute atomic E-state index is 0.115. The molecule has 3 rings (SSSR count). The Morgan fingerprint density at radius 3 is 3.11 bits per heavy atom. The highest BCUT2D eigenvalue weighted by molar-refractivity contribution is 7.18. The van der Waals surface area contributed by atoms with Gasteiger partial charge in [-0.1, -0.05) is 12.2 Å². The van der Waals surface area contributed by atoms with Crippen molar-refractivity contribution >= 4 is 33.1 Å². The van der Waals surface area contributed by atoms with E-state index in [0.29, 0.717) is 0 Å². The van der Waals surface area contributed by atoms with E-state index >= 15 is 0 Å². The topological polar surface area (TPSA) is 42.0 Å². The summed E-state index contributed by atoms with van der Waals surface area (Å²) < 4.78 is 1.12. The predicted molar refractivity (Wildman–Crippen MR) is 79.5 cm³/mol. The molecule has 0 aliphatic heterocycles. The van der Waals surface area contributed by atoms with E-state index < -0.39 is 0 Å². The third-order valence-electron chi connectivity index (χ3n) is 3.40. The molecule has 0 unspecified atom stereocenters. The van der Waals surface area contributed by atoms with Gasteiger partial charge < -0.3 is 5.32 Å². The zero-order valence-electron chi connectivity index (χ0n) is 10.8. The van der Waals surface area contributed by atoms with Crippen molar-refractivity contribution in [2.45, 2.75) is 26.2 Å². The van der Waals surface area contributed by atoms with Gasteiger partial charge in [-0.2, -0.15) is 0 Å². The van der Waals surface area contributed by atoms with Crippen LogP contribution in [-0.4, -0.2) is 10.9 Å². The summed E-state index contributed by atoms with van der Waals surface area (Å²) in [4.78, 5) is 16.6. The highest BCUT2D eigenvalue weighted by atomic mass is 32.1. The first-order valence-electron chi connectivity index (χ1n) is 6.55. The number of carbonyl (C=O) groups excluding carboxylic acids is 1. The Morgan fingerprint density at radius 1 is 1.42 bits per heavy atom. The molecular weight excluding hydrogens is 256 g/mol. The van der Waals surface area contributed by atoms with Crippen LogP contribution in [0.2, 0.25) is 0 Å². The molecule has 1 amide bonds. The molecule has 0 saturated carbocycles. The number of nitrogens with one attached hydrogen (secondary N) is 1. The highest BCUT2D eigenvalue weighted by Crippen LogP contribution is 2.26. The molecule has 1 aliphatic carbocycles. The number of benzene rings is 1. The number of allylic oxidation sites excluding steroid dienone is 2. The number of rotatable bonds is 2. The maximum Gasteiger partial charge on any atom is 0.227 e. The average Bonchev–Trinajstić information content (AvgIpc) is 2.79. The molecule has 1 aromatic carbocycles. The maximum absolute atomic E-state index is 12.2. The van der Waals surface area contributed by atoms with E-state index in [1.165, 1.54) is 0 Å². The van der Waals surface area contributed by atoms with Gasteiger partial charge in [0.15, 0.2) is 0 Å². The molecule has 3 nitrogen and oxygen atoms in total. The molecule has 1 aliphatic rings. The van der Waals surface area contributed by atoms with Crippen LogP contribution in [0.1, 0.15) is 24.3 Å². The number of thiazole rings is 1. The van der Waals surface area contributed by atoms with Crippen molar-refractivity contribution < 1.29 is 4.79 Å². The lowest BCUT2D eigenvalue weighted by atomic mass is 9.93. The van der Waals surface area contributed by atoms with Crippen LogP contribution >= 0.6 is 11.3 Å². The summed E-state index contributed by atoms with van der Waals surface area (Å²) in [5.74, 6) is 0.244. The lowest BCUT2D eigenvalue weighted by molar-refractivity contribution is -0.120. The average molecular weight is 272 g/mol. The van der Waals surface area contributed by atoms with Crippen LogP contribution < -0.4 is 5.32 Å². The Morgan fingerprint density at radius 2 is 2.32 bits per heavy atom. The van der Waals surface area contributed by atoms with Crippen LogP contribution in [0.15, 0.2) is 30.4 Å². The van der Waals surface area contributed by atoms with E-state index in [-0.39, 0.29) is 11.8 Å². The van der Waals surface area contributed by atoms with Gasteiger partial charge in [0.05, 0.1) is 15.2 Å². The predicted octanol–water partition coefficient (Wildman–Crippen LogP) is 3.90. The van der Waals surface area contributed by atoms with Crippen molar-refractivity contribution in [3.8, 4) is 0 Å². The monoisotopic (exact) mass is 272 g/mol. The number of aromatic nitrogens is 1. The molecule has 98 valence electrons. The number of hydrogen-bond donors (Lipinski definition) is 1. The number of fused-ring (bicyclic) bond motifs is 1. The first kappa shape index (κ1) is 12.4. The first-order valence-corrected chi connectivity index (χ1v) is 7.37. The number of nitrogens with zero attached hydrogens (tertiary/aromatic N) is 1. The van der Waals surface area contributed by atoms with Gasteiger partial charge in [0.1, 0.15) is 0 Å². The standard InChI is InChI=1S/C15H16N2OS/c1-10-16-13-8-7-12(9-14(13)19-10)17-15(18)11-5-3-2-4-6-11/h2-3,7-9,11H,4-6H2,1H3,(H,17,18)/t11-/m1/s1. The van der Waals surface area contributed by atoms with Crippen molar-refractivity contribution in [3.63, 3.8) is 0 Å². The summed E-state index contributed by atoms with van der Waals surface area (Å²) >= 11 is 1.66. The van der Waals surface area contributed by atoms with Gasteiger partial charge in [-0.25, -0.2) is 4.98 Å². The van der Waals surface area contributed by atoms with E-state index in [9.17, 15) is 4.79 Å². The molecule has 0 bridgehead atoms. The lowest BCUT2D eigenvalue weighted by Crippen LogP contribution is -2.23. The molecule has 0 fully saturated rings. The molecule has 19 heavy (non-hydrogen) atoms. The molecule has 1 N–H and O–H groups in total. The molecule has 4 heteroatoms. The quantitative estimate of drug-likeness (QED) is 0.842. The summed E-state index contributed by atoms with van der Waals surface area (Å²) in [5, 5.41) is 4.07. The zero-order chi connectivity index (χ0) is 13.2. The third kappa shape index (κ3) is 2.68. The molecule has 1 heterocycles. The summed E-state index contributed by atoms with van der Waals surface area (Å²) in [6.45, 7) is 2.00. The van der Waals surface area contributed by atoms with E-state index in [1.807, 2.05) is 25.1 Å². The van der Waals surface area contributed by atoms with Gasteiger partial charge in [0.2, 0.25) is 5.91 Å². The summed E-state index contributed by atoms with van der Waals surface area (Å²) in [6, 6.07) is 5.91. The summed E-state index contributed by atoms with van der Waals surface area (Å²) in [5.41, 5.74) is 1.87. The summed E-state index contributed by atoms with van der Waals surface area (Å²) in [7, 11) is 0. The van der Waals surface area contributed by atoms with Crippen molar-refractivity contribution in [3.05, 3.63) is 35.4 Å². The molecular formula is C15H16N2OS. The lowest BCUT2D eigenvalue weighted by Gasteiger charge is -2.17. The molecule has 0 radical (unpaired) electrons. The number of carbonyl (C=O) groups is 1. The van der Waals surface area contributed by atoms with Gasteiger partial charge in [0.25, 0.3) is 0 Å². The van der Waals surface area contributed by atoms with E-state index in [4.69, 9.17) is 0 Å². The number of aryl methyl sites for hydroxylation is 1. The number of amides is 1. The Hall–Kier alpha value is -1.68. The second-order valence-corrected chi connectivity index (χ2v) is 6.12. The minimum Gasteiger partial charge on any atom is -0.326 e. The van der Waals surface area contributed by atoms with Gasteiger partial charge >= 0.3 is 0 Å². The second-order valence-electron chi connectivity index (χ2n) is 4.89. The normalized spacial score (nSPS) is 18.7. The Labute approximate surface area is 116 Å². The van der Waals surface area contributed by atoms with Crippen molar-refractivity contribution in [2.24, 2.45) is 5.92 Å². The van der Waals surface area contributed by atoms with Crippen molar-refractivity contribution in [1.82, 2.24) is 4.98 Å². The third-order valence-corrected chi connectivity index (χ3v) is 4.34. The SMILES string of the molecule is Cc1nc2ccc(NC(=O)[C@@H]3CC=CCC3)cc2s1. The zero-order valence-corrected chi connectivity index (χ0v) is 11.7. The van der Waals surface area contributed by atoms with E-state index in [0.717, 1.165) is 40.2 Å². The van der Waals surface area contributed by atoms with Crippen LogP contribution in [0.25, 0.3) is 10.2 Å². The fourth-order valence-corrected chi connectivity index (χ4v) is 3.26.